The lowest BCUT2D eigenvalue weighted by Gasteiger charge is -2.39. The van der Waals surface area contributed by atoms with Gasteiger partial charge in [-0.05, 0) is 49.2 Å². The molecule has 30 heavy (non-hydrogen) atoms. The molecule has 0 atom stereocenters. The van der Waals surface area contributed by atoms with Crippen LogP contribution in [-0.2, 0) is 4.79 Å². The van der Waals surface area contributed by atoms with Crippen LogP contribution in [0.4, 0.5) is 11.4 Å². The first kappa shape index (κ1) is 21.0. The second-order valence-electron chi connectivity index (χ2n) is 8.33. The topological polar surface area (TPSA) is 30.0 Å². The van der Waals surface area contributed by atoms with Crippen LogP contribution in [0.25, 0.3) is 0 Å². The van der Waals surface area contributed by atoms with Crippen molar-refractivity contribution in [2.45, 2.75) is 13.8 Å². The van der Waals surface area contributed by atoms with Gasteiger partial charge in [0.25, 0.3) is 0 Å². The zero-order valence-electron chi connectivity index (χ0n) is 18.0. The first-order valence-electron chi connectivity index (χ1n) is 10.8. The number of carbonyl (C=O) groups is 1. The average molecular weight is 427 g/mol. The maximum Gasteiger partial charge on any atom is 0.236 e. The van der Waals surface area contributed by atoms with Gasteiger partial charge in [-0.2, -0.15) is 0 Å². The third kappa shape index (κ3) is 4.73. The summed E-state index contributed by atoms with van der Waals surface area (Å²) in [5, 5.41) is 0.769. The summed E-state index contributed by atoms with van der Waals surface area (Å²) in [6.45, 7) is 11.9. The number of piperazine rings is 2. The molecule has 0 aromatic heterocycles. The highest BCUT2D eigenvalue weighted by Crippen LogP contribution is 2.24. The fourth-order valence-corrected chi connectivity index (χ4v) is 4.59. The Morgan fingerprint density at radius 1 is 0.867 bits per heavy atom. The van der Waals surface area contributed by atoms with Gasteiger partial charge in [0.1, 0.15) is 0 Å². The van der Waals surface area contributed by atoms with Crippen molar-refractivity contribution in [3.8, 4) is 0 Å². The van der Waals surface area contributed by atoms with Crippen LogP contribution in [-0.4, -0.2) is 74.6 Å². The van der Waals surface area contributed by atoms with Gasteiger partial charge in [-0.1, -0.05) is 29.8 Å². The van der Waals surface area contributed by atoms with E-state index in [2.05, 4.69) is 52.8 Å². The molecule has 6 heteroatoms. The quantitative estimate of drug-likeness (QED) is 0.749. The van der Waals surface area contributed by atoms with Gasteiger partial charge in [-0.15, -0.1) is 0 Å². The molecule has 0 N–H and O–H groups in total. The van der Waals surface area contributed by atoms with Gasteiger partial charge in [0, 0.05) is 68.8 Å². The lowest BCUT2D eigenvalue weighted by molar-refractivity contribution is -0.132. The van der Waals surface area contributed by atoms with Crippen molar-refractivity contribution < 1.29 is 4.79 Å². The van der Waals surface area contributed by atoms with E-state index in [0.29, 0.717) is 6.54 Å². The molecule has 0 bridgehead atoms. The molecule has 2 fully saturated rings. The number of hydrogen-bond acceptors (Lipinski definition) is 4. The van der Waals surface area contributed by atoms with Crippen molar-refractivity contribution in [3.63, 3.8) is 0 Å². The van der Waals surface area contributed by atoms with Crippen LogP contribution in [0.1, 0.15) is 11.1 Å². The summed E-state index contributed by atoms with van der Waals surface area (Å²) in [4.78, 5) is 21.9. The molecule has 0 radical (unpaired) electrons. The van der Waals surface area contributed by atoms with Crippen LogP contribution in [0.5, 0.6) is 0 Å². The number of benzene rings is 2. The fourth-order valence-electron chi connectivity index (χ4n) is 4.40. The van der Waals surface area contributed by atoms with Crippen molar-refractivity contribution >= 4 is 28.9 Å². The Morgan fingerprint density at radius 3 is 2.23 bits per heavy atom. The number of halogens is 1. The lowest BCUT2D eigenvalue weighted by Crippen LogP contribution is -2.54. The zero-order valence-corrected chi connectivity index (χ0v) is 18.7. The largest absolute Gasteiger partial charge is 0.369 e. The number of hydrogen-bond donors (Lipinski definition) is 0. The van der Waals surface area contributed by atoms with Gasteiger partial charge in [-0.25, -0.2) is 0 Å². The van der Waals surface area contributed by atoms with Crippen LogP contribution in [0.2, 0.25) is 5.02 Å². The summed E-state index contributed by atoms with van der Waals surface area (Å²) < 4.78 is 0. The van der Waals surface area contributed by atoms with E-state index < -0.39 is 0 Å². The van der Waals surface area contributed by atoms with Crippen LogP contribution in [0.3, 0.4) is 0 Å². The number of amides is 1. The monoisotopic (exact) mass is 426 g/mol. The highest BCUT2D eigenvalue weighted by molar-refractivity contribution is 6.30. The summed E-state index contributed by atoms with van der Waals surface area (Å²) >= 11 is 6.12. The summed E-state index contributed by atoms with van der Waals surface area (Å²) in [6, 6.07) is 14.5. The number of anilines is 2. The highest BCUT2D eigenvalue weighted by atomic mass is 35.5. The maximum absolute atomic E-state index is 12.9. The molecule has 2 aliphatic heterocycles. The first-order valence-corrected chi connectivity index (χ1v) is 11.2. The van der Waals surface area contributed by atoms with Gasteiger partial charge in [-0.3, -0.25) is 9.69 Å². The highest BCUT2D eigenvalue weighted by Gasteiger charge is 2.25. The van der Waals surface area contributed by atoms with Crippen LogP contribution in [0.15, 0.2) is 42.5 Å². The summed E-state index contributed by atoms with van der Waals surface area (Å²) in [5.74, 6) is 0.256. The SMILES string of the molecule is Cc1cccc(N2CCN(C(=O)CN3CCN(c4cccc(Cl)c4)CC3)CC2)c1C. The molecule has 2 aromatic rings. The van der Waals surface area contributed by atoms with Gasteiger partial charge in [0.15, 0.2) is 0 Å². The molecule has 2 aliphatic rings. The van der Waals surface area contributed by atoms with Gasteiger partial charge < -0.3 is 14.7 Å². The van der Waals surface area contributed by atoms with Gasteiger partial charge >= 0.3 is 0 Å². The minimum Gasteiger partial charge on any atom is -0.369 e. The minimum absolute atomic E-state index is 0.256. The molecule has 2 saturated heterocycles. The molecular weight excluding hydrogens is 396 g/mol. The molecule has 1 amide bonds. The van der Waals surface area contributed by atoms with E-state index in [1.54, 1.807) is 0 Å². The molecule has 160 valence electrons. The fraction of sp³-hybridized carbons (Fsp3) is 0.458. The molecule has 0 saturated carbocycles. The average Bonchev–Trinajstić information content (AvgIpc) is 2.76. The number of carbonyl (C=O) groups excluding carboxylic acids is 1. The van der Waals surface area contributed by atoms with E-state index in [1.165, 1.54) is 16.8 Å². The van der Waals surface area contributed by atoms with Crippen molar-refractivity contribution in [1.29, 1.82) is 0 Å². The third-order valence-corrected chi connectivity index (χ3v) is 6.69. The normalized spacial score (nSPS) is 18.0. The first-order chi connectivity index (χ1) is 14.5. The Morgan fingerprint density at radius 2 is 1.53 bits per heavy atom. The lowest BCUT2D eigenvalue weighted by atomic mass is 10.1. The predicted molar refractivity (Wildman–Crippen MR) is 125 cm³/mol. The molecule has 5 nitrogen and oxygen atoms in total. The summed E-state index contributed by atoms with van der Waals surface area (Å²) in [6.07, 6.45) is 0. The summed E-state index contributed by atoms with van der Waals surface area (Å²) in [5.41, 5.74) is 5.13. The Kier molecular flexibility index (Phi) is 6.49. The molecule has 0 aliphatic carbocycles. The van der Waals surface area contributed by atoms with E-state index in [0.717, 1.165) is 63.1 Å². The smallest absolute Gasteiger partial charge is 0.236 e. The van der Waals surface area contributed by atoms with E-state index in [4.69, 9.17) is 11.6 Å². The number of aryl methyl sites for hydroxylation is 1. The molecule has 2 aromatic carbocycles. The third-order valence-electron chi connectivity index (χ3n) is 6.45. The zero-order chi connectivity index (χ0) is 21.1. The number of rotatable bonds is 4. The van der Waals surface area contributed by atoms with E-state index in [-0.39, 0.29) is 5.91 Å². The molecular formula is C24H31ClN4O. The maximum atomic E-state index is 12.9. The second-order valence-corrected chi connectivity index (χ2v) is 8.77. The van der Waals surface area contributed by atoms with Crippen LogP contribution >= 0.6 is 11.6 Å². The Labute approximate surface area is 184 Å². The van der Waals surface area contributed by atoms with E-state index in [9.17, 15) is 4.79 Å². The predicted octanol–water partition coefficient (Wildman–Crippen LogP) is 3.43. The Bertz CT molecular complexity index is 887. The van der Waals surface area contributed by atoms with E-state index >= 15 is 0 Å². The van der Waals surface area contributed by atoms with Gasteiger partial charge in [0.05, 0.1) is 6.54 Å². The van der Waals surface area contributed by atoms with E-state index in [1.807, 2.05) is 23.1 Å². The van der Waals surface area contributed by atoms with Crippen LogP contribution < -0.4 is 9.80 Å². The Hall–Kier alpha value is -2.24. The standard InChI is InChI=1S/C24H31ClN4O/c1-19-5-3-8-23(20(19)2)28-13-15-29(16-14-28)24(30)18-26-9-11-27(12-10-26)22-7-4-6-21(25)17-22/h3-8,17H,9-16,18H2,1-2H3. The van der Waals surface area contributed by atoms with Crippen molar-refractivity contribution in [2.75, 3.05) is 68.7 Å². The minimum atomic E-state index is 0.256. The van der Waals surface area contributed by atoms with Crippen molar-refractivity contribution in [2.24, 2.45) is 0 Å². The molecule has 2 heterocycles. The Balaban J connectivity index is 1.25. The molecule has 4 rings (SSSR count). The van der Waals surface area contributed by atoms with Gasteiger partial charge in [0.2, 0.25) is 5.91 Å². The number of nitrogens with zero attached hydrogens (tertiary/aromatic N) is 4. The van der Waals surface area contributed by atoms with Crippen molar-refractivity contribution in [3.05, 3.63) is 58.6 Å². The molecule has 0 unspecified atom stereocenters. The second kappa shape index (κ2) is 9.27. The molecule has 0 spiro atoms. The van der Waals surface area contributed by atoms with Crippen LogP contribution in [0, 0.1) is 13.8 Å². The van der Waals surface area contributed by atoms with Crippen molar-refractivity contribution in [1.82, 2.24) is 9.80 Å². The summed E-state index contributed by atoms with van der Waals surface area (Å²) in [7, 11) is 0.